The number of amides is 2. The van der Waals surface area contributed by atoms with Crippen LogP contribution in [0.3, 0.4) is 0 Å². The Labute approximate surface area is 135 Å². The van der Waals surface area contributed by atoms with E-state index in [0.29, 0.717) is 18.7 Å². The zero-order valence-electron chi connectivity index (χ0n) is 13.5. The van der Waals surface area contributed by atoms with Gasteiger partial charge in [0, 0.05) is 52.9 Å². The second kappa shape index (κ2) is 7.73. The molecule has 1 fully saturated rings. The van der Waals surface area contributed by atoms with Crippen molar-refractivity contribution in [3.63, 3.8) is 0 Å². The van der Waals surface area contributed by atoms with E-state index < -0.39 is 0 Å². The number of hydrogen-bond acceptors (Lipinski definition) is 4. The van der Waals surface area contributed by atoms with Crippen LogP contribution in [-0.2, 0) is 0 Å². The van der Waals surface area contributed by atoms with Crippen LogP contribution in [0.1, 0.15) is 5.56 Å². The lowest BCUT2D eigenvalue weighted by molar-refractivity contribution is -0.385. The van der Waals surface area contributed by atoms with Gasteiger partial charge in [0.2, 0.25) is 0 Å². The number of piperazine rings is 1. The highest BCUT2D eigenvalue weighted by Crippen LogP contribution is 2.19. The van der Waals surface area contributed by atoms with Gasteiger partial charge in [-0.25, -0.2) is 4.79 Å². The number of rotatable bonds is 4. The predicted molar refractivity (Wildman–Crippen MR) is 89.2 cm³/mol. The number of carbonyl (C=O) groups is 1. The maximum atomic E-state index is 11.9. The van der Waals surface area contributed by atoms with Gasteiger partial charge in [-0.2, -0.15) is 0 Å². The molecule has 2 rings (SSSR count). The number of para-hydroxylation sites is 1. The first-order valence-corrected chi connectivity index (χ1v) is 7.57. The molecule has 0 saturated carbocycles. The van der Waals surface area contributed by atoms with E-state index in [2.05, 4.69) is 4.90 Å². The molecule has 0 bridgehead atoms. The highest BCUT2D eigenvalue weighted by molar-refractivity contribution is 5.73. The van der Waals surface area contributed by atoms with Gasteiger partial charge in [-0.05, 0) is 6.07 Å². The van der Waals surface area contributed by atoms with Gasteiger partial charge in [-0.15, -0.1) is 0 Å². The number of nitrogens with zero attached hydrogens (tertiary/aromatic N) is 4. The minimum Gasteiger partial charge on any atom is -0.331 e. The first-order valence-electron chi connectivity index (χ1n) is 7.57. The van der Waals surface area contributed by atoms with Crippen LogP contribution >= 0.6 is 0 Å². The van der Waals surface area contributed by atoms with Crippen LogP contribution < -0.4 is 0 Å². The molecule has 1 aromatic carbocycles. The van der Waals surface area contributed by atoms with E-state index in [4.69, 9.17) is 0 Å². The molecule has 0 radical (unpaired) electrons. The summed E-state index contributed by atoms with van der Waals surface area (Å²) in [6.07, 6.45) is 3.72. The molecule has 2 amide bonds. The van der Waals surface area contributed by atoms with Crippen molar-refractivity contribution < 1.29 is 9.72 Å². The third kappa shape index (κ3) is 4.53. The third-order valence-electron chi connectivity index (χ3n) is 3.82. The number of nitro groups is 1. The first-order chi connectivity index (χ1) is 11.0. The minimum atomic E-state index is -0.370. The van der Waals surface area contributed by atoms with Crippen molar-refractivity contribution in [1.82, 2.24) is 14.7 Å². The van der Waals surface area contributed by atoms with E-state index in [9.17, 15) is 14.9 Å². The minimum absolute atomic E-state index is 0.0418. The van der Waals surface area contributed by atoms with E-state index in [0.717, 1.165) is 19.6 Å². The van der Waals surface area contributed by atoms with Crippen LogP contribution in [0.2, 0.25) is 0 Å². The Morgan fingerprint density at radius 3 is 2.52 bits per heavy atom. The van der Waals surface area contributed by atoms with Crippen molar-refractivity contribution in [2.75, 3.05) is 46.8 Å². The van der Waals surface area contributed by atoms with Crippen LogP contribution in [0.25, 0.3) is 6.08 Å². The van der Waals surface area contributed by atoms with Crippen LogP contribution in [0.15, 0.2) is 30.3 Å². The number of hydrogen-bond donors (Lipinski definition) is 0. The Kier molecular flexibility index (Phi) is 5.70. The smallest absolute Gasteiger partial charge is 0.319 e. The zero-order chi connectivity index (χ0) is 16.8. The summed E-state index contributed by atoms with van der Waals surface area (Å²) in [6.45, 7) is 3.74. The molecule has 1 aromatic rings. The molecular weight excluding hydrogens is 296 g/mol. The molecule has 0 aromatic heterocycles. The molecular formula is C16H22N4O3. The highest BCUT2D eigenvalue weighted by atomic mass is 16.6. The molecule has 23 heavy (non-hydrogen) atoms. The summed E-state index contributed by atoms with van der Waals surface area (Å²) in [5, 5.41) is 11.0. The average molecular weight is 318 g/mol. The van der Waals surface area contributed by atoms with E-state index in [1.165, 1.54) is 6.07 Å². The summed E-state index contributed by atoms with van der Waals surface area (Å²) in [4.78, 5) is 28.1. The zero-order valence-corrected chi connectivity index (χ0v) is 13.5. The quantitative estimate of drug-likeness (QED) is 0.628. The van der Waals surface area contributed by atoms with Crippen molar-refractivity contribution in [1.29, 1.82) is 0 Å². The molecule has 0 atom stereocenters. The van der Waals surface area contributed by atoms with Crippen LogP contribution in [0.4, 0.5) is 10.5 Å². The Hall–Kier alpha value is -2.41. The van der Waals surface area contributed by atoms with Gasteiger partial charge in [0.05, 0.1) is 10.5 Å². The molecule has 0 aliphatic carbocycles. The number of urea groups is 1. The summed E-state index contributed by atoms with van der Waals surface area (Å²) in [5.74, 6) is 0. The molecule has 0 spiro atoms. The predicted octanol–water partition coefficient (Wildman–Crippen LogP) is 1.91. The molecule has 1 saturated heterocycles. The molecule has 1 aliphatic rings. The fourth-order valence-electron chi connectivity index (χ4n) is 2.53. The van der Waals surface area contributed by atoms with Gasteiger partial charge in [-0.3, -0.25) is 15.0 Å². The Balaban J connectivity index is 1.86. The van der Waals surface area contributed by atoms with Crippen molar-refractivity contribution in [3.05, 3.63) is 46.0 Å². The lowest BCUT2D eigenvalue weighted by Gasteiger charge is -2.35. The molecule has 0 unspecified atom stereocenters. The van der Waals surface area contributed by atoms with E-state index in [-0.39, 0.29) is 16.6 Å². The monoisotopic (exact) mass is 318 g/mol. The molecule has 0 N–H and O–H groups in total. The molecule has 124 valence electrons. The normalized spacial score (nSPS) is 15.8. The average Bonchev–Trinajstić information content (AvgIpc) is 2.55. The summed E-state index contributed by atoms with van der Waals surface area (Å²) >= 11 is 0. The van der Waals surface area contributed by atoms with Crippen LogP contribution in [0.5, 0.6) is 0 Å². The maximum absolute atomic E-state index is 11.9. The van der Waals surface area contributed by atoms with E-state index >= 15 is 0 Å². The second-order valence-corrected chi connectivity index (χ2v) is 5.68. The van der Waals surface area contributed by atoms with Crippen molar-refractivity contribution in [2.45, 2.75) is 0 Å². The van der Waals surface area contributed by atoms with Gasteiger partial charge in [0.25, 0.3) is 5.69 Å². The summed E-state index contributed by atoms with van der Waals surface area (Å²) in [5.41, 5.74) is 0.726. The van der Waals surface area contributed by atoms with E-state index in [1.807, 2.05) is 11.0 Å². The SMILES string of the molecule is CN(C)C(=O)N1CCN(C/C=C/c2ccccc2[N+](=O)[O-])CC1. The summed E-state index contributed by atoms with van der Waals surface area (Å²) in [7, 11) is 3.51. The molecule has 7 heteroatoms. The number of nitro benzene ring substituents is 1. The summed E-state index contributed by atoms with van der Waals surface area (Å²) in [6, 6.07) is 6.74. The van der Waals surface area contributed by atoms with E-state index in [1.54, 1.807) is 43.3 Å². The van der Waals surface area contributed by atoms with Crippen molar-refractivity contribution in [3.8, 4) is 0 Å². The fourth-order valence-corrected chi connectivity index (χ4v) is 2.53. The molecule has 1 heterocycles. The van der Waals surface area contributed by atoms with Gasteiger partial charge in [0.1, 0.15) is 0 Å². The van der Waals surface area contributed by atoms with Crippen molar-refractivity contribution in [2.24, 2.45) is 0 Å². The fraction of sp³-hybridized carbons (Fsp3) is 0.438. The maximum Gasteiger partial charge on any atom is 0.319 e. The lowest BCUT2D eigenvalue weighted by Crippen LogP contribution is -2.51. The van der Waals surface area contributed by atoms with Gasteiger partial charge < -0.3 is 9.80 Å². The van der Waals surface area contributed by atoms with Gasteiger partial charge >= 0.3 is 6.03 Å². The third-order valence-corrected chi connectivity index (χ3v) is 3.82. The largest absolute Gasteiger partial charge is 0.331 e. The van der Waals surface area contributed by atoms with Gasteiger partial charge in [-0.1, -0.05) is 24.3 Å². The Bertz CT molecular complexity index is 593. The number of benzene rings is 1. The molecule has 7 nitrogen and oxygen atoms in total. The number of carbonyl (C=O) groups excluding carboxylic acids is 1. The topological polar surface area (TPSA) is 69.9 Å². The Morgan fingerprint density at radius 2 is 1.91 bits per heavy atom. The molecule has 1 aliphatic heterocycles. The summed E-state index contributed by atoms with van der Waals surface area (Å²) < 4.78 is 0. The second-order valence-electron chi connectivity index (χ2n) is 5.68. The Morgan fingerprint density at radius 1 is 1.26 bits per heavy atom. The van der Waals surface area contributed by atoms with Gasteiger partial charge in [0.15, 0.2) is 0 Å². The lowest BCUT2D eigenvalue weighted by atomic mass is 10.1. The standard InChI is InChI=1S/C16H22N4O3/c1-17(2)16(21)19-12-10-18(11-13-19)9-5-7-14-6-3-4-8-15(14)20(22)23/h3-8H,9-13H2,1-2H3/b7-5+. The van der Waals surface area contributed by atoms with Crippen LogP contribution in [-0.4, -0.2) is 72.5 Å². The first kappa shape index (κ1) is 17.0. The van der Waals surface area contributed by atoms with Crippen LogP contribution in [0, 0.1) is 10.1 Å². The highest BCUT2D eigenvalue weighted by Gasteiger charge is 2.21. The van der Waals surface area contributed by atoms with Crippen molar-refractivity contribution >= 4 is 17.8 Å².